The van der Waals surface area contributed by atoms with Gasteiger partial charge in [0.05, 0.1) is 12.6 Å². The minimum atomic E-state index is 0.264. The molecule has 21 heavy (non-hydrogen) atoms. The molecule has 114 valence electrons. The normalized spacial score (nSPS) is 20.3. The summed E-state index contributed by atoms with van der Waals surface area (Å²) in [6, 6.07) is 8.45. The van der Waals surface area contributed by atoms with Gasteiger partial charge in [-0.1, -0.05) is 24.3 Å². The van der Waals surface area contributed by atoms with Crippen molar-refractivity contribution in [1.29, 1.82) is 0 Å². The molecule has 0 N–H and O–H groups in total. The van der Waals surface area contributed by atoms with Crippen LogP contribution >= 0.6 is 0 Å². The van der Waals surface area contributed by atoms with Gasteiger partial charge in [-0.2, -0.15) is 0 Å². The number of piperidine rings is 1. The molecule has 0 aromatic heterocycles. The maximum Gasteiger partial charge on any atom is 0.237 e. The number of hydrogen-bond donors (Lipinski definition) is 0. The van der Waals surface area contributed by atoms with Gasteiger partial charge in [-0.15, -0.1) is 0 Å². The first kappa shape index (κ1) is 14.5. The van der Waals surface area contributed by atoms with Gasteiger partial charge < -0.3 is 9.64 Å². The van der Waals surface area contributed by atoms with E-state index in [9.17, 15) is 4.79 Å². The Bertz CT molecular complexity index is 495. The summed E-state index contributed by atoms with van der Waals surface area (Å²) < 4.78 is 5.38. The van der Waals surface area contributed by atoms with Crippen molar-refractivity contribution in [3.05, 3.63) is 35.4 Å². The molecule has 4 nitrogen and oxygen atoms in total. The molecule has 0 radical (unpaired) electrons. The second-order valence-corrected chi connectivity index (χ2v) is 6.05. The number of carbonyl (C=O) groups is 1. The van der Waals surface area contributed by atoms with Crippen LogP contribution in [-0.4, -0.2) is 55.1 Å². The van der Waals surface area contributed by atoms with Crippen LogP contribution in [0, 0.1) is 0 Å². The Morgan fingerprint density at radius 3 is 2.62 bits per heavy atom. The molecule has 0 atom stereocenters. The lowest BCUT2D eigenvalue weighted by atomic mass is 10.00. The fraction of sp³-hybridized carbons (Fsp3) is 0.588. The van der Waals surface area contributed by atoms with Gasteiger partial charge in [-0.3, -0.25) is 9.69 Å². The highest BCUT2D eigenvalue weighted by Crippen LogP contribution is 2.19. The maximum absolute atomic E-state index is 12.5. The Morgan fingerprint density at radius 1 is 1.19 bits per heavy atom. The van der Waals surface area contributed by atoms with Crippen molar-refractivity contribution in [3.8, 4) is 0 Å². The van der Waals surface area contributed by atoms with Crippen LogP contribution < -0.4 is 0 Å². The average molecular weight is 288 g/mol. The molecule has 3 rings (SSSR count). The Hall–Kier alpha value is -1.39. The summed E-state index contributed by atoms with van der Waals surface area (Å²) in [6.07, 6.45) is 3.42. The molecule has 0 unspecified atom stereocenters. The highest BCUT2D eigenvalue weighted by Gasteiger charge is 2.24. The SMILES string of the molecule is COC1CCN(CC(=O)N2CCc3ccccc3C2)CC1. The first-order chi connectivity index (χ1) is 10.3. The van der Waals surface area contributed by atoms with E-state index >= 15 is 0 Å². The molecule has 1 saturated heterocycles. The van der Waals surface area contributed by atoms with Gasteiger partial charge >= 0.3 is 0 Å². The van der Waals surface area contributed by atoms with Crippen LogP contribution in [0.25, 0.3) is 0 Å². The third kappa shape index (κ3) is 3.44. The third-order valence-electron chi connectivity index (χ3n) is 4.71. The number of amides is 1. The third-order valence-corrected chi connectivity index (χ3v) is 4.71. The Balaban J connectivity index is 1.53. The first-order valence-electron chi connectivity index (χ1n) is 7.86. The van der Waals surface area contributed by atoms with Crippen LogP contribution in [0.2, 0.25) is 0 Å². The molecule has 2 aliphatic heterocycles. The summed E-state index contributed by atoms with van der Waals surface area (Å²) in [5.41, 5.74) is 2.69. The van der Waals surface area contributed by atoms with E-state index in [4.69, 9.17) is 4.74 Å². The van der Waals surface area contributed by atoms with Gasteiger partial charge in [0.2, 0.25) is 5.91 Å². The van der Waals surface area contributed by atoms with Crippen molar-refractivity contribution >= 4 is 5.91 Å². The molecule has 2 aliphatic rings. The van der Waals surface area contributed by atoms with Gasteiger partial charge in [0.1, 0.15) is 0 Å². The second-order valence-electron chi connectivity index (χ2n) is 6.05. The van der Waals surface area contributed by atoms with Crippen LogP contribution in [0.3, 0.4) is 0 Å². The monoisotopic (exact) mass is 288 g/mol. The van der Waals surface area contributed by atoms with Gasteiger partial charge in [-0.05, 0) is 30.4 Å². The maximum atomic E-state index is 12.5. The molecule has 1 amide bonds. The molecular weight excluding hydrogens is 264 g/mol. The van der Waals surface area contributed by atoms with E-state index in [1.165, 1.54) is 11.1 Å². The van der Waals surface area contributed by atoms with Gasteiger partial charge in [-0.25, -0.2) is 0 Å². The molecule has 0 saturated carbocycles. The van der Waals surface area contributed by atoms with Crippen LogP contribution in [0.15, 0.2) is 24.3 Å². The van der Waals surface area contributed by atoms with Gasteiger partial charge in [0.15, 0.2) is 0 Å². The lowest BCUT2D eigenvalue weighted by Gasteiger charge is -2.34. The molecule has 0 aliphatic carbocycles. The molecule has 1 aromatic carbocycles. The number of likely N-dealkylation sites (tertiary alicyclic amines) is 1. The fourth-order valence-electron chi connectivity index (χ4n) is 3.30. The van der Waals surface area contributed by atoms with Gasteiger partial charge in [0.25, 0.3) is 0 Å². The quantitative estimate of drug-likeness (QED) is 0.848. The number of methoxy groups -OCH3 is 1. The highest BCUT2D eigenvalue weighted by atomic mass is 16.5. The van der Waals surface area contributed by atoms with Gasteiger partial charge in [0, 0.05) is 33.3 Å². The number of ether oxygens (including phenoxy) is 1. The van der Waals surface area contributed by atoms with Crippen LogP contribution in [0.1, 0.15) is 24.0 Å². The summed E-state index contributed by atoms with van der Waals surface area (Å²) >= 11 is 0. The molecule has 1 fully saturated rings. The summed E-state index contributed by atoms with van der Waals surface area (Å²) in [6.45, 7) is 4.11. The van der Waals surface area contributed by atoms with Crippen molar-refractivity contribution < 1.29 is 9.53 Å². The van der Waals surface area contributed by atoms with Crippen molar-refractivity contribution in [2.24, 2.45) is 0 Å². The zero-order valence-electron chi connectivity index (χ0n) is 12.8. The van der Waals surface area contributed by atoms with E-state index in [0.717, 1.165) is 45.4 Å². The Kier molecular flexibility index (Phi) is 4.56. The van der Waals surface area contributed by atoms with Crippen molar-refractivity contribution in [1.82, 2.24) is 9.80 Å². The van der Waals surface area contributed by atoms with E-state index in [-0.39, 0.29) is 5.91 Å². The predicted molar refractivity (Wildman–Crippen MR) is 82.0 cm³/mol. The molecule has 1 aromatic rings. The van der Waals surface area contributed by atoms with E-state index in [2.05, 4.69) is 29.2 Å². The van der Waals surface area contributed by atoms with E-state index in [1.807, 2.05) is 4.90 Å². The number of nitrogens with zero attached hydrogens (tertiary/aromatic N) is 2. The zero-order valence-corrected chi connectivity index (χ0v) is 12.8. The van der Waals surface area contributed by atoms with E-state index in [0.29, 0.717) is 12.6 Å². The van der Waals surface area contributed by atoms with E-state index < -0.39 is 0 Å². The number of fused-ring (bicyclic) bond motifs is 1. The number of benzene rings is 1. The number of carbonyl (C=O) groups excluding carboxylic acids is 1. The van der Waals surface area contributed by atoms with Crippen molar-refractivity contribution in [2.45, 2.75) is 31.9 Å². The summed E-state index contributed by atoms with van der Waals surface area (Å²) in [7, 11) is 1.77. The van der Waals surface area contributed by atoms with Crippen LogP contribution in [0.5, 0.6) is 0 Å². The first-order valence-corrected chi connectivity index (χ1v) is 7.86. The summed E-state index contributed by atoms with van der Waals surface area (Å²) in [4.78, 5) is 16.7. The lowest BCUT2D eigenvalue weighted by molar-refractivity contribution is -0.134. The molecule has 0 bridgehead atoms. The highest BCUT2D eigenvalue weighted by molar-refractivity contribution is 5.78. The predicted octanol–water partition coefficient (Wildman–Crippen LogP) is 1.68. The van der Waals surface area contributed by atoms with E-state index in [1.54, 1.807) is 7.11 Å². The summed E-state index contributed by atoms with van der Waals surface area (Å²) in [5, 5.41) is 0. The van der Waals surface area contributed by atoms with Crippen LogP contribution in [0.4, 0.5) is 0 Å². The zero-order chi connectivity index (χ0) is 14.7. The minimum absolute atomic E-state index is 0.264. The number of hydrogen-bond acceptors (Lipinski definition) is 3. The smallest absolute Gasteiger partial charge is 0.237 e. The molecular formula is C17H24N2O2. The topological polar surface area (TPSA) is 32.8 Å². The van der Waals surface area contributed by atoms with Crippen molar-refractivity contribution in [2.75, 3.05) is 33.3 Å². The lowest BCUT2D eigenvalue weighted by Crippen LogP contribution is -2.45. The largest absolute Gasteiger partial charge is 0.381 e. The standard InChI is InChI=1S/C17H24N2O2/c1-21-16-7-9-18(10-8-16)13-17(20)19-11-6-14-4-2-3-5-15(14)12-19/h2-5,16H,6-13H2,1H3. The number of rotatable bonds is 3. The average Bonchev–Trinajstić information content (AvgIpc) is 2.55. The Morgan fingerprint density at radius 2 is 1.90 bits per heavy atom. The molecule has 2 heterocycles. The fourth-order valence-corrected chi connectivity index (χ4v) is 3.30. The van der Waals surface area contributed by atoms with Crippen LogP contribution in [-0.2, 0) is 22.5 Å². The second kappa shape index (κ2) is 6.58. The molecule has 0 spiro atoms. The summed E-state index contributed by atoms with van der Waals surface area (Å²) in [5.74, 6) is 0.264. The minimum Gasteiger partial charge on any atom is -0.381 e. The van der Waals surface area contributed by atoms with Crippen molar-refractivity contribution in [3.63, 3.8) is 0 Å². The molecule has 4 heteroatoms. The Labute approximate surface area is 126 Å².